The number of hydrazine groups is 1. The van der Waals surface area contributed by atoms with E-state index >= 15 is 0 Å². The van der Waals surface area contributed by atoms with Gasteiger partial charge in [-0.3, -0.25) is 20.1 Å². The summed E-state index contributed by atoms with van der Waals surface area (Å²) in [7, 11) is 3.59. The van der Waals surface area contributed by atoms with E-state index in [0.717, 1.165) is 18.7 Å². The van der Waals surface area contributed by atoms with Gasteiger partial charge in [0, 0.05) is 19.1 Å². The van der Waals surface area contributed by atoms with E-state index in [1.54, 1.807) is 25.3 Å². The van der Waals surface area contributed by atoms with Gasteiger partial charge >= 0.3 is 0 Å². The molecule has 0 bridgehead atoms. The van der Waals surface area contributed by atoms with E-state index in [1.165, 1.54) is 10.6 Å². The van der Waals surface area contributed by atoms with Crippen molar-refractivity contribution in [3.8, 4) is 5.75 Å². The summed E-state index contributed by atoms with van der Waals surface area (Å²) in [5.41, 5.74) is 3.13. The van der Waals surface area contributed by atoms with Crippen LogP contribution in [-0.2, 0) is 13.1 Å². The third-order valence-electron chi connectivity index (χ3n) is 4.69. The summed E-state index contributed by atoms with van der Waals surface area (Å²) in [6, 6.07) is 8.85. The van der Waals surface area contributed by atoms with Crippen LogP contribution in [0.3, 0.4) is 0 Å². The highest BCUT2D eigenvalue weighted by Gasteiger charge is 2.22. The number of amidine groups is 1. The topological polar surface area (TPSA) is 108 Å². The van der Waals surface area contributed by atoms with Crippen molar-refractivity contribution in [3.63, 3.8) is 0 Å². The molecule has 8 nitrogen and oxygen atoms in total. The zero-order valence-electron chi connectivity index (χ0n) is 16.6. The minimum absolute atomic E-state index is 0.0404. The Morgan fingerprint density at radius 1 is 1.32 bits per heavy atom. The number of benzene rings is 1. The number of amides is 1. The SMILES string of the molecule is COc1cc2c(cc1C(=O)Nc1cccc(C(=N)N(N)C(C)C)n1)CN(C)C2. The molecule has 1 aromatic heterocycles. The van der Waals surface area contributed by atoms with Crippen LogP contribution in [0.15, 0.2) is 30.3 Å². The summed E-state index contributed by atoms with van der Waals surface area (Å²) in [5.74, 6) is 6.56. The summed E-state index contributed by atoms with van der Waals surface area (Å²) in [6.45, 7) is 5.41. The molecular weight excluding hydrogens is 356 g/mol. The summed E-state index contributed by atoms with van der Waals surface area (Å²) >= 11 is 0. The number of nitrogens with two attached hydrogens (primary N) is 1. The van der Waals surface area contributed by atoms with Crippen LogP contribution >= 0.6 is 0 Å². The van der Waals surface area contributed by atoms with Gasteiger partial charge in [-0.15, -0.1) is 0 Å². The van der Waals surface area contributed by atoms with Gasteiger partial charge in [0.2, 0.25) is 0 Å². The van der Waals surface area contributed by atoms with Crippen LogP contribution in [0.1, 0.15) is 41.0 Å². The minimum Gasteiger partial charge on any atom is -0.496 e. The molecule has 0 unspecified atom stereocenters. The minimum atomic E-state index is -0.307. The van der Waals surface area contributed by atoms with Gasteiger partial charge in [-0.25, -0.2) is 10.8 Å². The van der Waals surface area contributed by atoms with Gasteiger partial charge in [0.25, 0.3) is 5.91 Å². The molecule has 0 spiro atoms. The first-order valence-corrected chi connectivity index (χ1v) is 9.09. The lowest BCUT2D eigenvalue weighted by Gasteiger charge is -2.23. The first-order valence-electron chi connectivity index (χ1n) is 9.09. The average Bonchev–Trinajstić information content (AvgIpc) is 3.04. The van der Waals surface area contributed by atoms with Crippen molar-refractivity contribution < 1.29 is 9.53 Å². The number of nitrogens with zero attached hydrogens (tertiary/aromatic N) is 3. The van der Waals surface area contributed by atoms with Crippen LogP contribution in [0.4, 0.5) is 5.82 Å². The van der Waals surface area contributed by atoms with Gasteiger partial charge in [0.1, 0.15) is 17.3 Å². The molecule has 3 rings (SSSR count). The Morgan fingerprint density at radius 2 is 2.00 bits per heavy atom. The Hall–Kier alpha value is -2.97. The Kier molecular flexibility index (Phi) is 5.62. The van der Waals surface area contributed by atoms with Crippen LogP contribution in [-0.4, -0.2) is 46.8 Å². The number of rotatable bonds is 5. The summed E-state index contributed by atoms with van der Waals surface area (Å²) in [4.78, 5) is 19.4. The Bertz CT molecular complexity index is 912. The maximum atomic E-state index is 12.9. The number of aromatic nitrogens is 1. The monoisotopic (exact) mass is 382 g/mol. The van der Waals surface area contributed by atoms with Crippen molar-refractivity contribution in [1.29, 1.82) is 5.41 Å². The number of carbonyl (C=O) groups is 1. The second-order valence-electron chi connectivity index (χ2n) is 7.21. The molecule has 1 aliphatic heterocycles. The van der Waals surface area contributed by atoms with Gasteiger partial charge in [-0.1, -0.05) is 6.07 Å². The summed E-state index contributed by atoms with van der Waals surface area (Å²) < 4.78 is 5.43. The van der Waals surface area contributed by atoms with Crippen molar-refractivity contribution in [2.75, 3.05) is 19.5 Å². The lowest BCUT2D eigenvalue weighted by atomic mass is 10.0. The van der Waals surface area contributed by atoms with Gasteiger partial charge in [0.15, 0.2) is 5.84 Å². The fourth-order valence-corrected chi connectivity index (χ4v) is 3.16. The molecule has 2 aromatic rings. The molecule has 0 atom stereocenters. The van der Waals surface area contributed by atoms with Crippen molar-refractivity contribution in [1.82, 2.24) is 14.9 Å². The molecule has 1 aromatic carbocycles. The largest absolute Gasteiger partial charge is 0.496 e. The van der Waals surface area contributed by atoms with E-state index in [-0.39, 0.29) is 17.8 Å². The molecule has 0 fully saturated rings. The number of anilines is 1. The average molecular weight is 382 g/mol. The van der Waals surface area contributed by atoms with E-state index in [1.807, 2.05) is 33.0 Å². The summed E-state index contributed by atoms with van der Waals surface area (Å²) in [6.07, 6.45) is 0. The fourth-order valence-electron chi connectivity index (χ4n) is 3.16. The quantitative estimate of drug-likeness (QED) is 0.317. The molecular formula is C20H26N6O2. The lowest BCUT2D eigenvalue weighted by Crippen LogP contribution is -2.43. The number of fused-ring (bicyclic) bond motifs is 1. The zero-order chi connectivity index (χ0) is 20.4. The van der Waals surface area contributed by atoms with Crippen LogP contribution in [0.2, 0.25) is 0 Å². The smallest absolute Gasteiger partial charge is 0.260 e. The van der Waals surface area contributed by atoms with Gasteiger partial charge < -0.3 is 10.1 Å². The van der Waals surface area contributed by atoms with Crippen molar-refractivity contribution in [3.05, 3.63) is 52.7 Å². The Balaban J connectivity index is 1.83. The highest BCUT2D eigenvalue weighted by Crippen LogP contribution is 2.30. The highest BCUT2D eigenvalue weighted by molar-refractivity contribution is 6.06. The number of nitrogens with one attached hydrogen (secondary N) is 2. The molecule has 28 heavy (non-hydrogen) atoms. The number of pyridine rings is 1. The number of methoxy groups -OCH3 is 1. The van der Waals surface area contributed by atoms with E-state index < -0.39 is 0 Å². The molecule has 4 N–H and O–H groups in total. The van der Waals surface area contributed by atoms with Crippen LogP contribution in [0.5, 0.6) is 5.75 Å². The summed E-state index contributed by atoms with van der Waals surface area (Å²) in [5, 5.41) is 12.3. The second kappa shape index (κ2) is 7.95. The molecule has 0 aliphatic carbocycles. The molecule has 0 saturated heterocycles. The maximum Gasteiger partial charge on any atom is 0.260 e. The van der Waals surface area contributed by atoms with Gasteiger partial charge in [0.05, 0.1) is 12.7 Å². The first kappa shape index (κ1) is 19.8. The number of carbonyl (C=O) groups excluding carboxylic acids is 1. The predicted molar refractivity (Wildman–Crippen MR) is 108 cm³/mol. The molecule has 1 amide bonds. The molecule has 0 radical (unpaired) electrons. The van der Waals surface area contributed by atoms with E-state index in [9.17, 15) is 4.79 Å². The van der Waals surface area contributed by atoms with Crippen molar-refractivity contribution >= 4 is 17.6 Å². The number of hydrogen-bond acceptors (Lipinski definition) is 6. The van der Waals surface area contributed by atoms with Crippen LogP contribution in [0.25, 0.3) is 0 Å². The van der Waals surface area contributed by atoms with E-state index in [0.29, 0.717) is 22.8 Å². The standard InChI is InChI=1S/C20H26N6O2/c1-12(2)26(22)19(21)16-6-5-7-18(23-16)24-20(27)15-8-13-10-25(3)11-14(13)9-17(15)28-4/h5-9,12,21H,10-11,22H2,1-4H3,(H,23,24,27). The molecule has 148 valence electrons. The molecule has 8 heteroatoms. The predicted octanol–water partition coefficient (Wildman–Crippen LogP) is 2.20. The molecule has 0 saturated carbocycles. The van der Waals surface area contributed by atoms with Crippen LogP contribution < -0.4 is 15.9 Å². The van der Waals surface area contributed by atoms with Crippen molar-refractivity contribution in [2.24, 2.45) is 5.84 Å². The Morgan fingerprint density at radius 3 is 2.64 bits per heavy atom. The molecule has 2 heterocycles. The van der Waals surface area contributed by atoms with Gasteiger partial charge in [-0.05, 0) is 56.3 Å². The molecule has 1 aliphatic rings. The van der Waals surface area contributed by atoms with E-state index in [2.05, 4.69) is 15.2 Å². The normalized spacial score (nSPS) is 13.4. The third kappa shape index (κ3) is 3.97. The second-order valence-corrected chi connectivity index (χ2v) is 7.21. The number of ether oxygens (including phenoxy) is 1. The maximum absolute atomic E-state index is 12.9. The third-order valence-corrected chi connectivity index (χ3v) is 4.69. The zero-order valence-corrected chi connectivity index (χ0v) is 16.6. The Labute approximate surface area is 164 Å². The van der Waals surface area contributed by atoms with Crippen molar-refractivity contribution in [2.45, 2.75) is 33.0 Å². The number of hydrogen-bond donors (Lipinski definition) is 3. The van der Waals surface area contributed by atoms with Gasteiger partial charge in [-0.2, -0.15) is 0 Å². The first-order chi connectivity index (χ1) is 13.3. The van der Waals surface area contributed by atoms with Crippen LogP contribution in [0, 0.1) is 5.41 Å². The highest BCUT2D eigenvalue weighted by atomic mass is 16.5. The van der Waals surface area contributed by atoms with E-state index in [4.69, 9.17) is 16.0 Å². The lowest BCUT2D eigenvalue weighted by molar-refractivity contribution is 0.102. The fraction of sp³-hybridized carbons (Fsp3) is 0.350.